The molecule has 5 saturated carbocycles. The van der Waals surface area contributed by atoms with Crippen molar-refractivity contribution in [3.05, 3.63) is 12.2 Å². The number of hydrogen-bond acceptors (Lipinski definition) is 1. The van der Waals surface area contributed by atoms with Gasteiger partial charge in [-0.3, -0.25) is 0 Å². The average molecular weight is 455 g/mol. The first-order valence-corrected chi connectivity index (χ1v) is 14.7. The van der Waals surface area contributed by atoms with Gasteiger partial charge in [0.15, 0.2) is 0 Å². The molecule has 5 aliphatic rings. The molecule has 33 heavy (non-hydrogen) atoms. The molecule has 0 amide bonds. The van der Waals surface area contributed by atoms with Gasteiger partial charge in [0.1, 0.15) is 0 Å². The Balaban J connectivity index is 1.37. The zero-order chi connectivity index (χ0) is 24.0. The van der Waals surface area contributed by atoms with Crippen LogP contribution in [0.5, 0.6) is 0 Å². The van der Waals surface area contributed by atoms with Crippen molar-refractivity contribution >= 4 is 0 Å². The Hall–Kier alpha value is -0.300. The van der Waals surface area contributed by atoms with Gasteiger partial charge in [-0.25, -0.2) is 0 Å². The number of allylic oxidation sites excluding steroid dienone is 1. The van der Waals surface area contributed by atoms with Crippen molar-refractivity contribution in [2.75, 3.05) is 0 Å². The number of hydrogen-bond donors (Lipinski definition) is 1. The van der Waals surface area contributed by atoms with Gasteiger partial charge in [0.25, 0.3) is 0 Å². The summed E-state index contributed by atoms with van der Waals surface area (Å²) in [5.41, 5.74) is 3.74. The normalized spacial score (nSPS) is 51.5. The molecule has 5 fully saturated rings. The second kappa shape index (κ2) is 7.60. The highest BCUT2D eigenvalue weighted by atomic mass is 16.3. The van der Waals surface area contributed by atoms with Gasteiger partial charge in [-0.15, -0.1) is 0 Å². The first-order chi connectivity index (χ1) is 15.4. The largest absolute Gasteiger partial charge is 0.393 e. The molecular weight excluding hydrogens is 400 g/mol. The molecule has 1 heteroatoms. The fraction of sp³-hybridized carbons (Fsp3) is 0.938. The molecule has 0 radical (unpaired) electrons. The zero-order valence-corrected chi connectivity index (χ0v) is 23.1. The van der Waals surface area contributed by atoms with E-state index in [1.807, 2.05) is 0 Å². The minimum atomic E-state index is -0.0883. The van der Waals surface area contributed by atoms with Crippen LogP contribution in [0.1, 0.15) is 126 Å². The Morgan fingerprint density at radius 2 is 1.55 bits per heavy atom. The Labute approximate surface area is 205 Å². The van der Waals surface area contributed by atoms with Crippen molar-refractivity contribution in [1.82, 2.24) is 0 Å². The highest BCUT2D eigenvalue weighted by Gasteiger charge is 2.82. The van der Waals surface area contributed by atoms with Crippen molar-refractivity contribution in [1.29, 1.82) is 0 Å². The number of aliphatic hydroxyl groups excluding tert-OH is 1. The molecule has 5 aliphatic carbocycles. The Kier molecular flexibility index (Phi) is 5.62. The zero-order valence-electron chi connectivity index (χ0n) is 23.1. The van der Waals surface area contributed by atoms with Gasteiger partial charge in [0.05, 0.1) is 6.10 Å². The van der Waals surface area contributed by atoms with Crippen LogP contribution in [0.3, 0.4) is 0 Å². The molecule has 0 aromatic heterocycles. The summed E-state index contributed by atoms with van der Waals surface area (Å²) < 4.78 is 0. The van der Waals surface area contributed by atoms with Crippen molar-refractivity contribution in [3.63, 3.8) is 0 Å². The van der Waals surface area contributed by atoms with E-state index in [-0.39, 0.29) is 11.5 Å². The van der Waals surface area contributed by atoms with Crippen LogP contribution in [0, 0.1) is 56.7 Å². The third kappa shape index (κ3) is 2.99. The molecule has 1 N–H and O–H groups in total. The molecule has 188 valence electrons. The van der Waals surface area contributed by atoms with E-state index in [0.717, 1.165) is 30.1 Å². The highest BCUT2D eigenvalue weighted by Crippen LogP contribution is 2.89. The minimum absolute atomic E-state index is 0.0883. The molecule has 0 aromatic rings. The molecular formula is C32H54O. The predicted molar refractivity (Wildman–Crippen MR) is 140 cm³/mol. The highest BCUT2D eigenvalue weighted by molar-refractivity contribution is 5.30. The summed E-state index contributed by atoms with van der Waals surface area (Å²) in [6.45, 7) is 21.7. The van der Waals surface area contributed by atoms with E-state index in [2.05, 4.69) is 55.0 Å². The maximum atomic E-state index is 10.9. The van der Waals surface area contributed by atoms with E-state index >= 15 is 0 Å². The van der Waals surface area contributed by atoms with Crippen LogP contribution in [0.2, 0.25) is 0 Å². The van der Waals surface area contributed by atoms with E-state index in [4.69, 9.17) is 0 Å². The average Bonchev–Trinajstić information content (AvgIpc) is 3.34. The van der Waals surface area contributed by atoms with Gasteiger partial charge in [-0.1, -0.05) is 53.7 Å². The quantitative estimate of drug-likeness (QED) is 0.397. The lowest BCUT2D eigenvalue weighted by Crippen LogP contribution is -2.57. The molecule has 0 saturated heterocycles. The van der Waals surface area contributed by atoms with Gasteiger partial charge >= 0.3 is 0 Å². The van der Waals surface area contributed by atoms with Crippen molar-refractivity contribution in [2.45, 2.75) is 132 Å². The van der Waals surface area contributed by atoms with Crippen LogP contribution < -0.4 is 0 Å². The predicted octanol–water partition coefficient (Wildman–Crippen LogP) is 8.81. The lowest BCUT2D eigenvalue weighted by atomic mass is 9.41. The summed E-state index contributed by atoms with van der Waals surface area (Å²) in [4.78, 5) is 0. The van der Waals surface area contributed by atoms with Crippen LogP contribution >= 0.6 is 0 Å². The summed E-state index contributed by atoms with van der Waals surface area (Å²) >= 11 is 0. The summed E-state index contributed by atoms with van der Waals surface area (Å²) in [5.74, 6) is 4.14. The van der Waals surface area contributed by atoms with Crippen molar-refractivity contribution in [2.24, 2.45) is 56.7 Å². The van der Waals surface area contributed by atoms with Gasteiger partial charge in [0, 0.05) is 0 Å². The number of fused-ring (bicyclic) bond motifs is 2. The third-order valence-corrected chi connectivity index (χ3v) is 14.0. The minimum Gasteiger partial charge on any atom is -0.393 e. The second-order valence-corrected chi connectivity index (χ2v) is 15.0. The van der Waals surface area contributed by atoms with Gasteiger partial charge in [-0.2, -0.15) is 0 Å². The molecule has 0 bridgehead atoms. The van der Waals surface area contributed by atoms with Crippen LogP contribution in [-0.4, -0.2) is 11.2 Å². The summed E-state index contributed by atoms with van der Waals surface area (Å²) in [6, 6.07) is 0. The first-order valence-electron chi connectivity index (χ1n) is 14.7. The van der Waals surface area contributed by atoms with Gasteiger partial charge < -0.3 is 5.11 Å². The van der Waals surface area contributed by atoms with E-state index < -0.39 is 0 Å². The lowest BCUT2D eigenvalue weighted by Gasteiger charge is -2.63. The van der Waals surface area contributed by atoms with Gasteiger partial charge in [0.2, 0.25) is 0 Å². The fourth-order valence-corrected chi connectivity index (χ4v) is 11.8. The first kappa shape index (κ1) is 24.4. The van der Waals surface area contributed by atoms with Crippen LogP contribution in [-0.2, 0) is 0 Å². The third-order valence-electron chi connectivity index (χ3n) is 14.0. The Bertz CT molecular complexity index is 796. The van der Waals surface area contributed by atoms with E-state index in [9.17, 15) is 5.11 Å². The van der Waals surface area contributed by atoms with Gasteiger partial charge in [-0.05, 0) is 141 Å². The SMILES string of the molecule is C=C(C)C(CC)CC[C@H](C)[C@H]1CC[C@@]2(C)[C@@H]3CC[C@H]4C(C)(C)[C@@H](O)CC[C@@]45C[C@]35CC[C@]12C. The summed E-state index contributed by atoms with van der Waals surface area (Å²) in [7, 11) is 0. The maximum absolute atomic E-state index is 10.9. The standard InChI is InChI=1S/C32H54O/c1-9-23(21(2)3)11-10-22(4)24-14-16-30(8)26-13-12-25-28(5,6)27(33)15-17-31(25)20-32(26,31)19-18-29(24,30)7/h22-27,33H,2,9-20H2,1,3-8H3/t22-,23?,24+,25-,26-,27-,29+,30-,31+,32+/m0/s1. The van der Waals surface area contributed by atoms with Crippen molar-refractivity contribution < 1.29 is 5.11 Å². The van der Waals surface area contributed by atoms with E-state index in [0.29, 0.717) is 27.6 Å². The number of rotatable bonds is 6. The topological polar surface area (TPSA) is 20.2 Å². The van der Waals surface area contributed by atoms with Crippen LogP contribution in [0.25, 0.3) is 0 Å². The van der Waals surface area contributed by atoms with Crippen molar-refractivity contribution in [3.8, 4) is 0 Å². The van der Waals surface area contributed by atoms with Crippen LogP contribution in [0.4, 0.5) is 0 Å². The molecule has 2 spiro atoms. The van der Waals surface area contributed by atoms with E-state index in [1.54, 1.807) is 0 Å². The lowest BCUT2D eigenvalue weighted by molar-refractivity contribution is -0.161. The fourth-order valence-electron chi connectivity index (χ4n) is 11.8. The molecule has 0 aliphatic heterocycles. The molecule has 10 atom stereocenters. The summed E-state index contributed by atoms with van der Waals surface area (Å²) in [5, 5.41) is 10.9. The Morgan fingerprint density at radius 3 is 2.21 bits per heavy atom. The number of aliphatic hydroxyl groups is 1. The second-order valence-electron chi connectivity index (χ2n) is 15.0. The molecule has 0 heterocycles. The monoisotopic (exact) mass is 454 g/mol. The van der Waals surface area contributed by atoms with E-state index in [1.165, 1.54) is 76.2 Å². The summed E-state index contributed by atoms with van der Waals surface area (Å²) in [6.07, 6.45) is 16.4. The molecule has 0 aromatic carbocycles. The smallest absolute Gasteiger partial charge is 0.0594 e. The molecule has 5 rings (SSSR count). The maximum Gasteiger partial charge on any atom is 0.0594 e. The molecule has 1 unspecified atom stereocenters. The van der Waals surface area contributed by atoms with Crippen LogP contribution in [0.15, 0.2) is 12.2 Å². The Morgan fingerprint density at radius 1 is 0.879 bits per heavy atom. The molecule has 1 nitrogen and oxygen atoms in total.